The zero-order valence-corrected chi connectivity index (χ0v) is 18.0. The molecule has 2 heterocycles. The van der Waals surface area contributed by atoms with E-state index in [1.54, 1.807) is 6.20 Å². The minimum atomic E-state index is -0.159. The normalized spacial score (nSPS) is 15.4. The molecule has 1 aliphatic rings. The highest BCUT2D eigenvalue weighted by atomic mass is 35.5. The maximum atomic E-state index is 12.7. The lowest BCUT2D eigenvalue weighted by Gasteiger charge is -2.22. The van der Waals surface area contributed by atoms with Gasteiger partial charge < -0.3 is 15.5 Å². The van der Waals surface area contributed by atoms with Crippen molar-refractivity contribution in [1.29, 1.82) is 0 Å². The van der Waals surface area contributed by atoms with Crippen molar-refractivity contribution in [1.82, 2.24) is 30.5 Å². The largest absolute Gasteiger partial charge is 0.346 e. The zero-order chi connectivity index (χ0) is 18.4. The molecule has 0 bridgehead atoms. The highest BCUT2D eigenvalue weighted by Crippen LogP contribution is 2.17. The van der Waals surface area contributed by atoms with Gasteiger partial charge >= 0.3 is 0 Å². The Hall–Kier alpha value is -1.67. The Kier molecular flexibility index (Phi) is 10.5. The van der Waals surface area contributed by atoms with Crippen LogP contribution in [0.2, 0.25) is 0 Å². The maximum absolute atomic E-state index is 12.7. The number of hydrogen-bond donors (Lipinski definition) is 2. The number of halogens is 2. The molecular weight excluding hydrogens is 399 g/mol. The van der Waals surface area contributed by atoms with Crippen molar-refractivity contribution in [2.24, 2.45) is 0 Å². The lowest BCUT2D eigenvalue weighted by molar-refractivity contribution is 0.0925. The predicted octanol–water partition coefficient (Wildman–Crippen LogP) is 1.95. The third-order valence-electron chi connectivity index (χ3n) is 4.67. The first-order valence-electron chi connectivity index (χ1n) is 9.24. The Bertz CT molecular complexity index is 703. The molecule has 7 nitrogen and oxygen atoms in total. The third-order valence-corrected chi connectivity index (χ3v) is 4.67. The van der Waals surface area contributed by atoms with E-state index in [4.69, 9.17) is 0 Å². The van der Waals surface area contributed by atoms with Gasteiger partial charge in [-0.15, -0.1) is 29.9 Å². The molecule has 9 heteroatoms. The van der Waals surface area contributed by atoms with Gasteiger partial charge in [0.25, 0.3) is 5.91 Å². The van der Waals surface area contributed by atoms with Gasteiger partial charge in [0.2, 0.25) is 0 Å². The number of rotatable bonds is 7. The average molecular weight is 429 g/mol. The molecule has 1 aliphatic heterocycles. The van der Waals surface area contributed by atoms with Crippen molar-refractivity contribution in [2.45, 2.75) is 31.3 Å². The number of carbonyl (C=O) groups is 1. The van der Waals surface area contributed by atoms with Crippen LogP contribution < -0.4 is 10.6 Å². The first kappa shape index (κ1) is 24.4. The number of piperidine rings is 1. The third kappa shape index (κ3) is 7.05. The first-order valence-corrected chi connectivity index (χ1v) is 9.24. The van der Waals surface area contributed by atoms with Crippen LogP contribution in [0.4, 0.5) is 0 Å². The number of nitrogens with one attached hydrogen (secondary N) is 2. The van der Waals surface area contributed by atoms with E-state index in [-0.39, 0.29) is 36.8 Å². The Morgan fingerprint density at radius 1 is 1.25 bits per heavy atom. The number of nitrogens with zero attached hydrogens (tertiary/aromatic N) is 4. The second-order valence-electron chi connectivity index (χ2n) is 7.19. The van der Waals surface area contributed by atoms with E-state index in [0.717, 1.165) is 38.9 Å². The second-order valence-corrected chi connectivity index (χ2v) is 7.19. The number of benzene rings is 1. The van der Waals surface area contributed by atoms with Crippen molar-refractivity contribution in [3.63, 3.8) is 0 Å². The summed E-state index contributed by atoms with van der Waals surface area (Å²) in [7, 11) is 4.02. The topological polar surface area (TPSA) is 75.1 Å². The molecule has 1 aromatic heterocycles. The number of likely N-dealkylation sites (N-methyl/N-ethyl adjacent to an activating group) is 1. The number of amides is 1. The van der Waals surface area contributed by atoms with E-state index >= 15 is 0 Å². The fourth-order valence-corrected chi connectivity index (χ4v) is 3.39. The van der Waals surface area contributed by atoms with Crippen LogP contribution in [0.15, 0.2) is 36.5 Å². The van der Waals surface area contributed by atoms with Crippen LogP contribution in [-0.2, 0) is 6.42 Å². The van der Waals surface area contributed by atoms with Gasteiger partial charge in [-0.25, -0.2) is 4.68 Å². The summed E-state index contributed by atoms with van der Waals surface area (Å²) in [6.45, 7) is 2.73. The molecular formula is C19H30Cl2N6O. The fraction of sp³-hybridized carbons (Fsp3) is 0.526. The quantitative estimate of drug-likeness (QED) is 0.704. The molecule has 2 aromatic rings. The van der Waals surface area contributed by atoms with Gasteiger partial charge in [-0.3, -0.25) is 4.79 Å². The van der Waals surface area contributed by atoms with Crippen LogP contribution in [0.1, 0.15) is 34.9 Å². The monoisotopic (exact) mass is 428 g/mol. The second kappa shape index (κ2) is 12.0. The van der Waals surface area contributed by atoms with Crippen LogP contribution in [0.25, 0.3) is 0 Å². The van der Waals surface area contributed by atoms with E-state index in [1.807, 2.05) is 37.0 Å². The van der Waals surface area contributed by atoms with Gasteiger partial charge in [0.15, 0.2) is 5.69 Å². The molecule has 28 heavy (non-hydrogen) atoms. The van der Waals surface area contributed by atoms with E-state index in [9.17, 15) is 4.79 Å². The summed E-state index contributed by atoms with van der Waals surface area (Å²) < 4.78 is 1.84. The van der Waals surface area contributed by atoms with Crippen LogP contribution in [-0.4, -0.2) is 65.6 Å². The summed E-state index contributed by atoms with van der Waals surface area (Å²) in [4.78, 5) is 14.7. The lowest BCUT2D eigenvalue weighted by atomic mass is 10.1. The SMILES string of the molecule is CN(C)CC(Cc1ccccc1)NC(=O)c1cn(C2CCNCC2)nn1.Cl.Cl. The molecule has 3 rings (SSSR count). The Morgan fingerprint density at radius 2 is 1.93 bits per heavy atom. The van der Waals surface area contributed by atoms with Crippen LogP contribution >= 0.6 is 24.8 Å². The van der Waals surface area contributed by atoms with Gasteiger partial charge in [0.1, 0.15) is 0 Å². The summed E-state index contributed by atoms with van der Waals surface area (Å²) in [5.41, 5.74) is 1.60. The molecule has 1 saturated heterocycles. The average Bonchev–Trinajstić information content (AvgIpc) is 3.13. The van der Waals surface area contributed by atoms with E-state index in [1.165, 1.54) is 5.56 Å². The number of aromatic nitrogens is 3. The summed E-state index contributed by atoms with van der Waals surface area (Å²) in [5, 5.41) is 14.7. The van der Waals surface area contributed by atoms with Crippen molar-refractivity contribution in [3.05, 3.63) is 47.8 Å². The minimum Gasteiger partial charge on any atom is -0.346 e. The molecule has 0 spiro atoms. The van der Waals surface area contributed by atoms with Gasteiger partial charge in [0.05, 0.1) is 12.2 Å². The zero-order valence-electron chi connectivity index (χ0n) is 16.4. The van der Waals surface area contributed by atoms with E-state index in [0.29, 0.717) is 11.7 Å². The molecule has 0 radical (unpaired) electrons. The number of carbonyl (C=O) groups excluding carboxylic acids is 1. The van der Waals surface area contributed by atoms with Gasteiger partial charge in [-0.2, -0.15) is 0 Å². The van der Waals surface area contributed by atoms with Crippen molar-refractivity contribution in [3.8, 4) is 0 Å². The molecule has 1 aromatic carbocycles. The van der Waals surface area contributed by atoms with Gasteiger partial charge in [0, 0.05) is 12.6 Å². The van der Waals surface area contributed by atoms with Crippen LogP contribution in [0, 0.1) is 0 Å². The highest BCUT2D eigenvalue weighted by molar-refractivity contribution is 5.92. The van der Waals surface area contributed by atoms with Crippen molar-refractivity contribution < 1.29 is 4.79 Å². The van der Waals surface area contributed by atoms with E-state index < -0.39 is 0 Å². The number of hydrogen-bond acceptors (Lipinski definition) is 5. The molecule has 2 N–H and O–H groups in total. The summed E-state index contributed by atoms with van der Waals surface area (Å²) in [6, 6.07) is 10.6. The molecule has 0 saturated carbocycles. The molecule has 1 unspecified atom stereocenters. The predicted molar refractivity (Wildman–Crippen MR) is 116 cm³/mol. The summed E-state index contributed by atoms with van der Waals surface area (Å²) in [5.74, 6) is -0.159. The standard InChI is InChI=1S/C19H28N6O.2ClH/c1-24(2)13-16(12-15-6-4-3-5-7-15)21-19(26)18-14-25(23-22-18)17-8-10-20-11-9-17;;/h3-7,14,16-17,20H,8-13H2,1-2H3,(H,21,26);2*1H. The van der Waals surface area contributed by atoms with Gasteiger partial charge in [-0.1, -0.05) is 35.5 Å². The maximum Gasteiger partial charge on any atom is 0.273 e. The van der Waals surface area contributed by atoms with Gasteiger partial charge in [-0.05, 0) is 52.0 Å². The Balaban J connectivity index is 0.00000196. The highest BCUT2D eigenvalue weighted by Gasteiger charge is 2.21. The lowest BCUT2D eigenvalue weighted by Crippen LogP contribution is -2.43. The first-order chi connectivity index (χ1) is 12.6. The van der Waals surface area contributed by atoms with Crippen LogP contribution in [0.5, 0.6) is 0 Å². The van der Waals surface area contributed by atoms with Crippen LogP contribution in [0.3, 0.4) is 0 Å². The van der Waals surface area contributed by atoms with Crippen molar-refractivity contribution in [2.75, 3.05) is 33.7 Å². The Morgan fingerprint density at radius 3 is 2.57 bits per heavy atom. The molecule has 1 fully saturated rings. The molecule has 1 atom stereocenters. The molecule has 0 aliphatic carbocycles. The fourth-order valence-electron chi connectivity index (χ4n) is 3.39. The van der Waals surface area contributed by atoms with Crippen molar-refractivity contribution >= 4 is 30.7 Å². The minimum absolute atomic E-state index is 0. The van der Waals surface area contributed by atoms with E-state index in [2.05, 4.69) is 38.0 Å². The summed E-state index contributed by atoms with van der Waals surface area (Å²) >= 11 is 0. The summed E-state index contributed by atoms with van der Waals surface area (Å²) in [6.07, 6.45) is 4.59. The molecule has 1 amide bonds. The molecule has 156 valence electrons. The smallest absolute Gasteiger partial charge is 0.273 e. The Labute approximate surface area is 179 Å².